The third-order valence-electron chi connectivity index (χ3n) is 5.46. The molecule has 1 aliphatic rings. The molecule has 1 aliphatic heterocycles. The summed E-state index contributed by atoms with van der Waals surface area (Å²) in [5.74, 6) is -0.0554. The van der Waals surface area contributed by atoms with Crippen LogP contribution in [0.1, 0.15) is 46.2 Å². The van der Waals surface area contributed by atoms with E-state index < -0.39 is 11.7 Å². The van der Waals surface area contributed by atoms with E-state index in [0.717, 1.165) is 6.42 Å². The predicted molar refractivity (Wildman–Crippen MR) is 127 cm³/mol. The van der Waals surface area contributed by atoms with Crippen LogP contribution in [0.3, 0.4) is 0 Å². The van der Waals surface area contributed by atoms with Crippen LogP contribution in [-0.4, -0.2) is 51.7 Å². The molecule has 9 nitrogen and oxygen atoms in total. The second kappa shape index (κ2) is 10.5. The van der Waals surface area contributed by atoms with Gasteiger partial charge in [0.15, 0.2) is 5.82 Å². The predicted octanol–water partition coefficient (Wildman–Crippen LogP) is 4.04. The number of hydrogen-bond donors (Lipinski definition) is 2. The smallest absolute Gasteiger partial charge is 0.316 e. The summed E-state index contributed by atoms with van der Waals surface area (Å²) in [6.07, 6.45) is 1.63. The van der Waals surface area contributed by atoms with Crippen LogP contribution in [-0.2, 0) is 14.3 Å². The zero-order valence-electron chi connectivity index (χ0n) is 20.3. The average molecular weight is 484 g/mol. The minimum absolute atomic E-state index is 0.0157. The Labute approximate surface area is 203 Å². The van der Waals surface area contributed by atoms with Crippen molar-refractivity contribution in [3.63, 3.8) is 0 Å². The molecule has 0 aliphatic carbocycles. The molecule has 1 saturated heterocycles. The monoisotopic (exact) mass is 483 g/mol. The molecular weight excluding hydrogens is 453 g/mol. The number of ether oxygens (including phenoxy) is 3. The molecule has 2 N–H and O–H groups in total. The first-order valence-electron chi connectivity index (χ1n) is 11.7. The lowest BCUT2D eigenvalue weighted by atomic mass is 9.90. The molecule has 0 saturated carbocycles. The molecule has 2 aromatic heterocycles. The SMILES string of the molecule is CCCOc1nccc(-c2[nH]c(C3OCC(C)(C(=O)NC(C)C)CO3)nc2-c2ccc(F)cc2)n1. The van der Waals surface area contributed by atoms with Gasteiger partial charge in [-0.3, -0.25) is 4.79 Å². The number of nitrogens with one attached hydrogen (secondary N) is 2. The number of rotatable bonds is 8. The number of H-pyrrole nitrogens is 1. The summed E-state index contributed by atoms with van der Waals surface area (Å²) in [5.41, 5.74) is 1.58. The van der Waals surface area contributed by atoms with Crippen molar-refractivity contribution in [2.75, 3.05) is 19.8 Å². The van der Waals surface area contributed by atoms with E-state index >= 15 is 0 Å². The lowest BCUT2D eigenvalue weighted by Crippen LogP contribution is -2.50. The zero-order chi connectivity index (χ0) is 25.0. The Bertz CT molecular complexity index is 1160. The Morgan fingerprint density at radius 1 is 1.23 bits per heavy atom. The van der Waals surface area contributed by atoms with E-state index in [-0.39, 0.29) is 37.0 Å². The highest BCUT2D eigenvalue weighted by atomic mass is 19.1. The topological polar surface area (TPSA) is 111 Å². The molecule has 1 aromatic carbocycles. The van der Waals surface area contributed by atoms with Gasteiger partial charge < -0.3 is 24.5 Å². The Morgan fingerprint density at radius 3 is 2.60 bits per heavy atom. The number of halogens is 1. The molecule has 35 heavy (non-hydrogen) atoms. The van der Waals surface area contributed by atoms with Gasteiger partial charge >= 0.3 is 6.01 Å². The maximum absolute atomic E-state index is 13.6. The van der Waals surface area contributed by atoms with Crippen molar-refractivity contribution >= 4 is 5.91 Å². The number of hydrogen-bond acceptors (Lipinski definition) is 7. The molecule has 0 radical (unpaired) electrons. The molecular formula is C25H30FN5O4. The van der Waals surface area contributed by atoms with Gasteiger partial charge in [-0.05, 0) is 57.5 Å². The maximum atomic E-state index is 13.6. The first kappa shape index (κ1) is 24.7. The molecule has 0 unspecified atom stereocenters. The molecule has 3 aromatic rings. The van der Waals surface area contributed by atoms with Crippen molar-refractivity contribution in [2.24, 2.45) is 5.41 Å². The summed E-state index contributed by atoms with van der Waals surface area (Å²) < 4.78 is 31.0. The lowest BCUT2D eigenvalue weighted by Gasteiger charge is -2.35. The highest BCUT2D eigenvalue weighted by molar-refractivity contribution is 5.83. The van der Waals surface area contributed by atoms with Gasteiger partial charge in [0.1, 0.15) is 5.82 Å². The fourth-order valence-corrected chi connectivity index (χ4v) is 3.58. The van der Waals surface area contributed by atoms with Crippen LogP contribution in [0.2, 0.25) is 0 Å². The van der Waals surface area contributed by atoms with Crippen LogP contribution in [0.15, 0.2) is 36.5 Å². The third kappa shape index (κ3) is 5.66. The van der Waals surface area contributed by atoms with Crippen LogP contribution in [0, 0.1) is 11.2 Å². The number of amides is 1. The van der Waals surface area contributed by atoms with Crippen molar-refractivity contribution in [3.8, 4) is 28.7 Å². The number of carbonyl (C=O) groups excluding carboxylic acids is 1. The summed E-state index contributed by atoms with van der Waals surface area (Å²) in [7, 11) is 0. The van der Waals surface area contributed by atoms with Crippen LogP contribution < -0.4 is 10.1 Å². The molecule has 0 spiro atoms. The van der Waals surface area contributed by atoms with E-state index in [0.29, 0.717) is 35.1 Å². The van der Waals surface area contributed by atoms with Crippen molar-refractivity contribution in [2.45, 2.75) is 46.4 Å². The van der Waals surface area contributed by atoms with E-state index in [9.17, 15) is 9.18 Å². The van der Waals surface area contributed by atoms with E-state index in [4.69, 9.17) is 19.2 Å². The van der Waals surface area contributed by atoms with Crippen molar-refractivity contribution in [1.29, 1.82) is 0 Å². The van der Waals surface area contributed by atoms with E-state index in [1.807, 2.05) is 20.8 Å². The van der Waals surface area contributed by atoms with Crippen LogP contribution >= 0.6 is 0 Å². The Hall–Kier alpha value is -3.37. The van der Waals surface area contributed by atoms with Crippen LogP contribution in [0.5, 0.6) is 6.01 Å². The molecule has 186 valence electrons. The zero-order valence-corrected chi connectivity index (χ0v) is 20.3. The van der Waals surface area contributed by atoms with Gasteiger partial charge in [-0.15, -0.1) is 0 Å². The summed E-state index contributed by atoms with van der Waals surface area (Å²) >= 11 is 0. The number of benzene rings is 1. The summed E-state index contributed by atoms with van der Waals surface area (Å²) in [6, 6.07) is 8.03. The number of nitrogens with zero attached hydrogens (tertiary/aromatic N) is 3. The van der Waals surface area contributed by atoms with Crippen LogP contribution in [0.4, 0.5) is 4.39 Å². The number of imidazole rings is 1. The standard InChI is InChI=1S/C25H30FN5O4/c1-5-12-33-24-27-11-10-18(29-24)20-19(16-6-8-17(26)9-7-16)30-21(31-20)22-34-13-25(4,14-35-22)23(32)28-15(2)3/h6-11,15,22H,5,12-14H2,1-4H3,(H,28,32)(H,30,31). The lowest BCUT2D eigenvalue weighted by molar-refractivity contribution is -0.231. The molecule has 0 bridgehead atoms. The Kier molecular flexibility index (Phi) is 7.42. The normalized spacial score (nSPS) is 20.1. The van der Waals surface area contributed by atoms with E-state index in [2.05, 4.69) is 20.3 Å². The van der Waals surface area contributed by atoms with Crippen molar-refractivity contribution < 1.29 is 23.4 Å². The summed E-state index contributed by atoms with van der Waals surface area (Å²) in [4.78, 5) is 29.2. The highest BCUT2D eigenvalue weighted by Gasteiger charge is 2.41. The minimum atomic E-state index is -0.811. The highest BCUT2D eigenvalue weighted by Crippen LogP contribution is 2.35. The molecule has 0 atom stereocenters. The van der Waals surface area contributed by atoms with Gasteiger partial charge in [0, 0.05) is 17.8 Å². The van der Waals surface area contributed by atoms with Crippen LogP contribution in [0.25, 0.3) is 22.6 Å². The van der Waals surface area contributed by atoms with Gasteiger partial charge in [-0.1, -0.05) is 6.92 Å². The van der Waals surface area contributed by atoms with Crippen molar-refractivity contribution in [3.05, 3.63) is 48.2 Å². The fourth-order valence-electron chi connectivity index (χ4n) is 3.58. The van der Waals surface area contributed by atoms with E-state index in [1.165, 1.54) is 12.1 Å². The number of carbonyl (C=O) groups is 1. The average Bonchev–Trinajstić information content (AvgIpc) is 3.29. The Balaban J connectivity index is 1.64. The van der Waals surface area contributed by atoms with E-state index in [1.54, 1.807) is 31.3 Å². The summed E-state index contributed by atoms with van der Waals surface area (Å²) in [5, 5.41) is 2.91. The molecule has 4 rings (SSSR count). The first-order chi connectivity index (χ1) is 16.8. The molecule has 3 heterocycles. The molecule has 10 heteroatoms. The molecule has 1 amide bonds. The van der Waals surface area contributed by atoms with Gasteiger partial charge in [0.05, 0.1) is 42.3 Å². The maximum Gasteiger partial charge on any atom is 0.316 e. The molecule has 1 fully saturated rings. The fraction of sp³-hybridized carbons (Fsp3) is 0.440. The number of aromatic nitrogens is 4. The minimum Gasteiger partial charge on any atom is -0.463 e. The second-order valence-corrected chi connectivity index (χ2v) is 9.07. The second-order valence-electron chi connectivity index (χ2n) is 9.07. The largest absolute Gasteiger partial charge is 0.463 e. The third-order valence-corrected chi connectivity index (χ3v) is 5.46. The van der Waals surface area contributed by atoms with Gasteiger partial charge in [-0.25, -0.2) is 14.4 Å². The summed E-state index contributed by atoms with van der Waals surface area (Å²) in [6.45, 7) is 8.44. The van der Waals surface area contributed by atoms with Gasteiger partial charge in [-0.2, -0.15) is 4.98 Å². The van der Waals surface area contributed by atoms with Gasteiger partial charge in [0.2, 0.25) is 12.2 Å². The van der Waals surface area contributed by atoms with Crippen molar-refractivity contribution in [1.82, 2.24) is 25.3 Å². The quantitative estimate of drug-likeness (QED) is 0.497. The first-order valence-corrected chi connectivity index (χ1v) is 11.7. The Morgan fingerprint density at radius 2 is 1.94 bits per heavy atom. The number of aromatic amines is 1. The van der Waals surface area contributed by atoms with Gasteiger partial charge in [0.25, 0.3) is 0 Å².